The monoisotopic (exact) mass is 394 g/mol. The molecule has 0 spiro atoms. The molecular formula is C22H30N6O. The van der Waals surface area contributed by atoms with Crippen LogP contribution in [0.1, 0.15) is 31.4 Å². The standard InChI is InChI=1S/C22H30N6O/c1-22(2)13-16-15(19-18(22)21(24)26-14-25-19)7-8-17(29-12-11-27(3)4)20(16)28(5)10-6-9-23/h7-8,14H,6,10-13H2,1-5H3,(H2,24,25,26). The topological polar surface area (TPSA) is 91.3 Å². The predicted molar refractivity (Wildman–Crippen MR) is 116 cm³/mol. The number of likely N-dealkylation sites (N-methyl/N-ethyl adjacent to an activating group) is 1. The van der Waals surface area contributed by atoms with Gasteiger partial charge in [0.05, 0.1) is 23.9 Å². The Bertz CT molecular complexity index is 932. The molecule has 1 aliphatic rings. The van der Waals surface area contributed by atoms with Crippen LogP contribution in [0, 0.1) is 11.3 Å². The number of ether oxygens (including phenoxy) is 1. The van der Waals surface area contributed by atoms with E-state index in [0.717, 1.165) is 41.2 Å². The molecule has 154 valence electrons. The summed E-state index contributed by atoms with van der Waals surface area (Å²) in [6.45, 7) is 6.41. The Labute approximate surface area is 173 Å². The van der Waals surface area contributed by atoms with Crippen molar-refractivity contribution >= 4 is 11.5 Å². The third-order valence-electron chi connectivity index (χ3n) is 5.41. The molecule has 7 heteroatoms. The van der Waals surface area contributed by atoms with Gasteiger partial charge in [0.2, 0.25) is 0 Å². The van der Waals surface area contributed by atoms with Crippen molar-refractivity contribution in [3.05, 3.63) is 29.6 Å². The highest BCUT2D eigenvalue weighted by molar-refractivity contribution is 5.83. The molecule has 0 radical (unpaired) electrons. The van der Waals surface area contributed by atoms with E-state index in [1.807, 2.05) is 27.2 Å². The van der Waals surface area contributed by atoms with Crippen molar-refractivity contribution in [1.29, 1.82) is 5.26 Å². The van der Waals surface area contributed by atoms with Crippen LogP contribution in [0.25, 0.3) is 11.3 Å². The zero-order valence-electron chi connectivity index (χ0n) is 18.0. The van der Waals surface area contributed by atoms with Gasteiger partial charge in [0.1, 0.15) is 24.5 Å². The summed E-state index contributed by atoms with van der Waals surface area (Å²) in [5.41, 5.74) is 11.2. The highest BCUT2D eigenvalue weighted by Crippen LogP contribution is 2.49. The summed E-state index contributed by atoms with van der Waals surface area (Å²) in [5, 5.41) is 9.07. The van der Waals surface area contributed by atoms with Crippen LogP contribution in [0.2, 0.25) is 0 Å². The van der Waals surface area contributed by atoms with Gasteiger partial charge in [-0.3, -0.25) is 0 Å². The minimum Gasteiger partial charge on any atom is -0.490 e. The van der Waals surface area contributed by atoms with Crippen molar-refractivity contribution in [2.75, 3.05) is 51.5 Å². The number of anilines is 2. The lowest BCUT2D eigenvalue weighted by atomic mass is 9.71. The van der Waals surface area contributed by atoms with Gasteiger partial charge in [0.15, 0.2) is 0 Å². The van der Waals surface area contributed by atoms with Gasteiger partial charge in [-0.2, -0.15) is 5.26 Å². The minimum atomic E-state index is -0.208. The van der Waals surface area contributed by atoms with E-state index >= 15 is 0 Å². The van der Waals surface area contributed by atoms with E-state index in [4.69, 9.17) is 15.7 Å². The summed E-state index contributed by atoms with van der Waals surface area (Å²) in [7, 11) is 6.07. The van der Waals surface area contributed by atoms with Crippen molar-refractivity contribution in [2.24, 2.45) is 0 Å². The number of nitrogens with two attached hydrogens (primary N) is 1. The van der Waals surface area contributed by atoms with Crippen molar-refractivity contribution in [1.82, 2.24) is 14.9 Å². The molecular weight excluding hydrogens is 364 g/mol. The van der Waals surface area contributed by atoms with E-state index in [9.17, 15) is 0 Å². The normalized spacial score (nSPS) is 14.1. The van der Waals surface area contributed by atoms with Crippen molar-refractivity contribution < 1.29 is 4.74 Å². The van der Waals surface area contributed by atoms with Crippen molar-refractivity contribution in [2.45, 2.75) is 32.1 Å². The largest absolute Gasteiger partial charge is 0.490 e. The van der Waals surface area contributed by atoms with E-state index in [1.165, 1.54) is 11.9 Å². The minimum absolute atomic E-state index is 0.208. The number of benzene rings is 1. The quantitative estimate of drug-likeness (QED) is 0.772. The van der Waals surface area contributed by atoms with Gasteiger partial charge in [-0.25, -0.2) is 9.97 Å². The van der Waals surface area contributed by atoms with Crippen LogP contribution >= 0.6 is 0 Å². The number of fused-ring (bicyclic) bond motifs is 3. The molecule has 0 amide bonds. The maximum atomic E-state index is 9.07. The average molecular weight is 395 g/mol. The first kappa shape index (κ1) is 20.9. The first-order chi connectivity index (χ1) is 13.8. The number of nitrogens with zero attached hydrogens (tertiary/aromatic N) is 5. The number of hydrogen-bond donors (Lipinski definition) is 1. The van der Waals surface area contributed by atoms with E-state index in [-0.39, 0.29) is 5.41 Å². The van der Waals surface area contributed by atoms with E-state index in [1.54, 1.807) is 0 Å². The molecule has 3 rings (SSSR count). The first-order valence-electron chi connectivity index (χ1n) is 9.89. The summed E-state index contributed by atoms with van der Waals surface area (Å²) in [6, 6.07) is 6.32. The van der Waals surface area contributed by atoms with E-state index in [2.05, 4.69) is 45.8 Å². The first-order valence-corrected chi connectivity index (χ1v) is 9.89. The van der Waals surface area contributed by atoms with Gasteiger partial charge in [0.25, 0.3) is 0 Å². The number of rotatable bonds is 7. The fourth-order valence-electron chi connectivity index (χ4n) is 4.02. The smallest absolute Gasteiger partial charge is 0.142 e. The molecule has 0 saturated heterocycles. The number of nitriles is 1. The number of nitrogen functional groups attached to an aromatic ring is 1. The Morgan fingerprint density at radius 2 is 1.97 bits per heavy atom. The molecule has 2 N–H and O–H groups in total. The van der Waals surface area contributed by atoms with Crippen molar-refractivity contribution in [3.63, 3.8) is 0 Å². The van der Waals surface area contributed by atoms with Crippen LogP contribution in [0.3, 0.4) is 0 Å². The number of aromatic nitrogens is 2. The second-order valence-electron chi connectivity index (χ2n) is 8.46. The van der Waals surface area contributed by atoms with Gasteiger partial charge in [0, 0.05) is 31.3 Å². The second kappa shape index (κ2) is 8.26. The fourth-order valence-corrected chi connectivity index (χ4v) is 4.02. The Morgan fingerprint density at radius 1 is 1.21 bits per heavy atom. The summed E-state index contributed by atoms with van der Waals surface area (Å²) in [6.07, 6.45) is 2.77. The lowest BCUT2D eigenvalue weighted by Gasteiger charge is -2.37. The van der Waals surface area contributed by atoms with Crippen LogP contribution in [-0.4, -0.2) is 55.7 Å². The Balaban J connectivity index is 2.14. The van der Waals surface area contributed by atoms with Crippen LogP contribution in [-0.2, 0) is 11.8 Å². The van der Waals surface area contributed by atoms with Crippen LogP contribution in [0.5, 0.6) is 5.75 Å². The summed E-state index contributed by atoms with van der Waals surface area (Å²) < 4.78 is 6.17. The molecule has 0 unspecified atom stereocenters. The average Bonchev–Trinajstić information content (AvgIpc) is 2.65. The van der Waals surface area contributed by atoms with Crippen LogP contribution < -0.4 is 15.4 Å². The summed E-state index contributed by atoms with van der Waals surface area (Å²) in [5.74, 6) is 1.38. The van der Waals surface area contributed by atoms with Crippen LogP contribution in [0.15, 0.2) is 18.5 Å². The molecule has 29 heavy (non-hydrogen) atoms. The lowest BCUT2D eigenvalue weighted by Crippen LogP contribution is -2.31. The third-order valence-corrected chi connectivity index (χ3v) is 5.41. The summed E-state index contributed by atoms with van der Waals surface area (Å²) >= 11 is 0. The van der Waals surface area contributed by atoms with Gasteiger partial charge >= 0.3 is 0 Å². The maximum Gasteiger partial charge on any atom is 0.142 e. The van der Waals surface area contributed by atoms with Gasteiger partial charge in [-0.05, 0) is 43.6 Å². The molecule has 0 aliphatic heterocycles. The van der Waals surface area contributed by atoms with Crippen LogP contribution in [0.4, 0.5) is 11.5 Å². The Kier molecular flexibility index (Phi) is 5.94. The molecule has 1 aromatic carbocycles. The zero-order chi connectivity index (χ0) is 21.2. The number of hydrogen-bond acceptors (Lipinski definition) is 7. The fraction of sp³-hybridized carbons (Fsp3) is 0.500. The SMILES string of the molecule is CN(C)CCOc1ccc2c(c1N(C)CCC#N)CC(C)(C)c1c(N)ncnc1-2. The molecule has 0 saturated carbocycles. The van der Waals surface area contributed by atoms with Crippen molar-refractivity contribution in [3.8, 4) is 23.1 Å². The third kappa shape index (κ3) is 4.13. The predicted octanol–water partition coefficient (Wildman–Crippen LogP) is 2.85. The Morgan fingerprint density at radius 3 is 2.66 bits per heavy atom. The van der Waals surface area contributed by atoms with E-state index < -0.39 is 0 Å². The van der Waals surface area contributed by atoms with E-state index in [0.29, 0.717) is 25.4 Å². The molecule has 0 fully saturated rings. The molecule has 1 aromatic heterocycles. The summed E-state index contributed by atoms with van der Waals surface area (Å²) in [4.78, 5) is 13.0. The maximum absolute atomic E-state index is 9.07. The molecule has 2 aromatic rings. The molecule has 1 heterocycles. The highest BCUT2D eigenvalue weighted by Gasteiger charge is 2.37. The zero-order valence-corrected chi connectivity index (χ0v) is 18.0. The Hall–Kier alpha value is -2.85. The molecule has 0 bridgehead atoms. The molecule has 0 atom stereocenters. The molecule has 1 aliphatic carbocycles. The molecule has 7 nitrogen and oxygen atoms in total. The van der Waals surface area contributed by atoms with Gasteiger partial charge in [-0.1, -0.05) is 13.8 Å². The van der Waals surface area contributed by atoms with Gasteiger partial charge in [-0.15, -0.1) is 0 Å². The van der Waals surface area contributed by atoms with Gasteiger partial charge < -0.3 is 20.3 Å². The lowest BCUT2D eigenvalue weighted by molar-refractivity contribution is 0.261. The highest BCUT2D eigenvalue weighted by atomic mass is 16.5. The second-order valence-corrected chi connectivity index (χ2v) is 8.46.